The molecule has 13 heavy (non-hydrogen) atoms. The first-order chi connectivity index (χ1) is 6.33. The van der Waals surface area contributed by atoms with Crippen LogP contribution in [0.15, 0.2) is 0 Å². The van der Waals surface area contributed by atoms with E-state index in [-0.39, 0.29) is 0 Å². The summed E-state index contributed by atoms with van der Waals surface area (Å²) in [5.74, 6) is 1.62. The van der Waals surface area contributed by atoms with Crippen LogP contribution in [0.5, 0.6) is 0 Å². The number of hydrogen-bond donors (Lipinski definition) is 1. The fraction of sp³-hybridized carbons (Fsp3) is 1.00. The van der Waals surface area contributed by atoms with Gasteiger partial charge in [0.25, 0.3) is 0 Å². The molecule has 0 spiro atoms. The van der Waals surface area contributed by atoms with Crippen molar-refractivity contribution in [3.05, 3.63) is 0 Å². The molecule has 2 rings (SSSR count). The summed E-state index contributed by atoms with van der Waals surface area (Å²) < 4.78 is 5.57. The van der Waals surface area contributed by atoms with E-state index in [4.69, 9.17) is 4.74 Å². The molecule has 0 aromatic heterocycles. The number of ether oxygens (including phenoxy) is 1. The number of hydrogen-bond acceptors (Lipinski definition) is 2. The number of nitrogens with one attached hydrogen (secondary N) is 1. The van der Waals surface area contributed by atoms with E-state index in [0.29, 0.717) is 6.10 Å². The molecule has 1 saturated heterocycles. The molecule has 2 fully saturated rings. The first-order valence-corrected chi connectivity index (χ1v) is 5.59. The van der Waals surface area contributed by atoms with Crippen LogP contribution in [0.4, 0.5) is 0 Å². The van der Waals surface area contributed by atoms with Gasteiger partial charge in [-0.3, -0.25) is 0 Å². The Morgan fingerprint density at radius 1 is 1.23 bits per heavy atom. The third kappa shape index (κ3) is 1.75. The van der Waals surface area contributed by atoms with Crippen LogP contribution >= 0.6 is 0 Å². The average molecular weight is 183 g/mol. The lowest BCUT2D eigenvalue weighted by atomic mass is 9.72. The van der Waals surface area contributed by atoms with Gasteiger partial charge in [0.15, 0.2) is 0 Å². The van der Waals surface area contributed by atoms with Crippen LogP contribution in [0.3, 0.4) is 0 Å². The summed E-state index contributed by atoms with van der Waals surface area (Å²) in [6.07, 6.45) is 5.87. The summed E-state index contributed by atoms with van der Waals surface area (Å²) in [6, 6.07) is 0.729. The van der Waals surface area contributed by atoms with Crippen LogP contribution < -0.4 is 5.32 Å². The predicted octanol–water partition coefficient (Wildman–Crippen LogP) is 1.80. The van der Waals surface area contributed by atoms with Gasteiger partial charge in [0.1, 0.15) is 0 Å². The first-order valence-electron chi connectivity index (χ1n) is 5.59. The molecule has 0 aromatic rings. The zero-order valence-electron chi connectivity index (χ0n) is 8.75. The Morgan fingerprint density at radius 2 is 2.08 bits per heavy atom. The molecular formula is C11H21NO. The van der Waals surface area contributed by atoms with Crippen molar-refractivity contribution in [2.45, 2.75) is 44.8 Å². The Labute approximate surface area is 81.0 Å². The molecule has 1 N–H and O–H groups in total. The molecular weight excluding hydrogens is 162 g/mol. The summed E-state index contributed by atoms with van der Waals surface area (Å²) in [4.78, 5) is 0. The van der Waals surface area contributed by atoms with E-state index in [1.165, 1.54) is 25.7 Å². The number of rotatable bonds is 1. The molecule has 0 bridgehead atoms. The zero-order chi connectivity index (χ0) is 9.26. The third-order valence-electron chi connectivity index (χ3n) is 3.86. The largest absolute Gasteiger partial charge is 0.381 e. The van der Waals surface area contributed by atoms with Gasteiger partial charge >= 0.3 is 0 Å². The Hall–Kier alpha value is -0.0800. The normalized spacial score (nSPS) is 45.7. The van der Waals surface area contributed by atoms with E-state index in [1.54, 1.807) is 0 Å². The van der Waals surface area contributed by atoms with Gasteiger partial charge in [-0.1, -0.05) is 13.3 Å². The van der Waals surface area contributed by atoms with Gasteiger partial charge < -0.3 is 10.1 Å². The van der Waals surface area contributed by atoms with Crippen molar-refractivity contribution in [2.24, 2.45) is 11.8 Å². The SMILES string of the molecule is COC1CCNC2C(C)CCCC12. The molecule has 2 heteroatoms. The van der Waals surface area contributed by atoms with E-state index in [9.17, 15) is 0 Å². The van der Waals surface area contributed by atoms with Gasteiger partial charge in [0.05, 0.1) is 6.10 Å². The molecule has 76 valence electrons. The van der Waals surface area contributed by atoms with Crippen molar-refractivity contribution in [3.63, 3.8) is 0 Å². The average Bonchev–Trinajstić information content (AvgIpc) is 2.18. The number of piperidine rings is 1. The maximum Gasteiger partial charge on any atom is 0.0626 e. The van der Waals surface area contributed by atoms with Crippen molar-refractivity contribution >= 4 is 0 Å². The van der Waals surface area contributed by atoms with Crippen LogP contribution in [0.1, 0.15) is 32.6 Å². The molecule has 4 atom stereocenters. The Bertz CT molecular complexity index is 171. The molecule has 1 heterocycles. The predicted molar refractivity (Wildman–Crippen MR) is 53.7 cm³/mol. The highest BCUT2D eigenvalue weighted by atomic mass is 16.5. The Balaban J connectivity index is 2.05. The summed E-state index contributed by atoms with van der Waals surface area (Å²) >= 11 is 0. The van der Waals surface area contributed by atoms with E-state index in [0.717, 1.165) is 24.4 Å². The minimum Gasteiger partial charge on any atom is -0.381 e. The zero-order valence-corrected chi connectivity index (χ0v) is 8.75. The van der Waals surface area contributed by atoms with Crippen LogP contribution in [0, 0.1) is 11.8 Å². The summed E-state index contributed by atoms with van der Waals surface area (Å²) in [7, 11) is 1.87. The molecule has 1 aliphatic carbocycles. The van der Waals surface area contributed by atoms with E-state index in [2.05, 4.69) is 12.2 Å². The molecule has 1 saturated carbocycles. The first kappa shape index (κ1) is 9.47. The molecule has 4 unspecified atom stereocenters. The van der Waals surface area contributed by atoms with E-state index < -0.39 is 0 Å². The lowest BCUT2D eigenvalue weighted by Gasteiger charge is -2.44. The van der Waals surface area contributed by atoms with Gasteiger partial charge in [-0.05, 0) is 31.7 Å². The molecule has 2 aliphatic rings. The molecule has 2 nitrogen and oxygen atoms in total. The van der Waals surface area contributed by atoms with E-state index >= 15 is 0 Å². The molecule has 0 aromatic carbocycles. The van der Waals surface area contributed by atoms with E-state index in [1.807, 2.05) is 7.11 Å². The lowest BCUT2D eigenvalue weighted by Crippen LogP contribution is -2.53. The van der Waals surface area contributed by atoms with Gasteiger partial charge in [0, 0.05) is 19.1 Å². The quantitative estimate of drug-likeness (QED) is 0.669. The molecule has 0 radical (unpaired) electrons. The minimum absolute atomic E-state index is 0.522. The second-order valence-corrected chi connectivity index (χ2v) is 4.61. The fourth-order valence-electron chi connectivity index (χ4n) is 3.13. The topological polar surface area (TPSA) is 21.3 Å². The summed E-state index contributed by atoms with van der Waals surface area (Å²) in [5, 5.41) is 3.66. The second kappa shape index (κ2) is 3.97. The van der Waals surface area contributed by atoms with Crippen molar-refractivity contribution in [2.75, 3.05) is 13.7 Å². The Morgan fingerprint density at radius 3 is 2.85 bits per heavy atom. The van der Waals surface area contributed by atoms with Crippen LogP contribution in [-0.4, -0.2) is 25.8 Å². The summed E-state index contributed by atoms with van der Waals surface area (Å²) in [6.45, 7) is 3.52. The van der Waals surface area contributed by atoms with Crippen LogP contribution in [-0.2, 0) is 4.74 Å². The molecule has 0 amide bonds. The second-order valence-electron chi connectivity index (χ2n) is 4.61. The van der Waals surface area contributed by atoms with Crippen molar-refractivity contribution in [3.8, 4) is 0 Å². The molecule has 1 aliphatic heterocycles. The van der Waals surface area contributed by atoms with Crippen LogP contribution in [0.25, 0.3) is 0 Å². The Kier molecular flexibility index (Phi) is 2.89. The number of methoxy groups -OCH3 is 1. The maximum atomic E-state index is 5.57. The fourth-order valence-corrected chi connectivity index (χ4v) is 3.13. The van der Waals surface area contributed by atoms with Crippen molar-refractivity contribution < 1.29 is 4.74 Å². The standard InChI is InChI=1S/C11H21NO/c1-8-4-3-5-9-10(13-2)6-7-12-11(8)9/h8-12H,3-7H2,1-2H3. The summed E-state index contributed by atoms with van der Waals surface area (Å²) in [5.41, 5.74) is 0. The smallest absolute Gasteiger partial charge is 0.0626 e. The van der Waals surface area contributed by atoms with Gasteiger partial charge in [-0.25, -0.2) is 0 Å². The number of fused-ring (bicyclic) bond motifs is 1. The van der Waals surface area contributed by atoms with Crippen molar-refractivity contribution in [1.82, 2.24) is 5.32 Å². The monoisotopic (exact) mass is 183 g/mol. The maximum absolute atomic E-state index is 5.57. The highest BCUT2D eigenvalue weighted by Crippen LogP contribution is 2.35. The highest BCUT2D eigenvalue weighted by molar-refractivity contribution is 4.93. The van der Waals surface area contributed by atoms with Crippen LogP contribution in [0.2, 0.25) is 0 Å². The third-order valence-corrected chi connectivity index (χ3v) is 3.86. The van der Waals surface area contributed by atoms with Crippen molar-refractivity contribution in [1.29, 1.82) is 0 Å². The minimum atomic E-state index is 0.522. The highest BCUT2D eigenvalue weighted by Gasteiger charge is 2.38. The van der Waals surface area contributed by atoms with Gasteiger partial charge in [-0.2, -0.15) is 0 Å². The van der Waals surface area contributed by atoms with Gasteiger partial charge in [0.2, 0.25) is 0 Å². The van der Waals surface area contributed by atoms with Gasteiger partial charge in [-0.15, -0.1) is 0 Å². The lowest BCUT2D eigenvalue weighted by molar-refractivity contribution is -0.0172.